The molecule has 0 aliphatic heterocycles. The molecule has 0 saturated heterocycles. The van der Waals surface area contributed by atoms with Gasteiger partial charge >= 0.3 is 0 Å². The molecule has 2 atom stereocenters. The molecule has 0 amide bonds. The van der Waals surface area contributed by atoms with Gasteiger partial charge in [0.15, 0.2) is 5.78 Å². The third kappa shape index (κ3) is 1.48. The monoisotopic (exact) mass is 228 g/mol. The van der Waals surface area contributed by atoms with Gasteiger partial charge in [-0.3, -0.25) is 4.79 Å². The summed E-state index contributed by atoms with van der Waals surface area (Å²) >= 11 is 0. The van der Waals surface area contributed by atoms with Crippen LogP contribution in [0.4, 0.5) is 0 Å². The summed E-state index contributed by atoms with van der Waals surface area (Å²) < 4.78 is 0. The summed E-state index contributed by atoms with van der Waals surface area (Å²) in [5, 5.41) is 0. The fourth-order valence-electron chi connectivity index (χ4n) is 3.73. The third-order valence-corrected chi connectivity index (χ3v) is 4.86. The predicted molar refractivity (Wildman–Crippen MR) is 69.6 cm³/mol. The molecule has 0 aromatic rings. The van der Waals surface area contributed by atoms with E-state index in [1.165, 1.54) is 29.6 Å². The van der Waals surface area contributed by atoms with Crippen LogP contribution < -0.4 is 0 Å². The van der Waals surface area contributed by atoms with Gasteiger partial charge in [-0.1, -0.05) is 18.6 Å². The highest BCUT2D eigenvalue weighted by atomic mass is 16.1. The summed E-state index contributed by atoms with van der Waals surface area (Å²) in [5.74, 6) is 1.53. The summed E-state index contributed by atoms with van der Waals surface area (Å²) in [4.78, 5) is 12.0. The normalized spacial score (nSPS) is 32.6. The van der Waals surface area contributed by atoms with Gasteiger partial charge in [-0.15, -0.1) is 0 Å². The second-order valence-electron chi connectivity index (χ2n) is 5.86. The van der Waals surface area contributed by atoms with E-state index in [1.54, 1.807) is 5.57 Å². The molecular weight excluding hydrogens is 208 g/mol. The Hall–Kier alpha value is -1.11. The zero-order chi connectivity index (χ0) is 12.2. The molecule has 17 heavy (non-hydrogen) atoms. The smallest absolute Gasteiger partial charge is 0.159 e. The molecule has 0 bridgehead atoms. The van der Waals surface area contributed by atoms with E-state index in [2.05, 4.69) is 19.9 Å². The minimum Gasteiger partial charge on any atom is -0.295 e. The predicted octanol–water partition coefficient (Wildman–Crippen LogP) is 3.97. The Morgan fingerprint density at radius 2 is 2.06 bits per heavy atom. The average Bonchev–Trinajstić information content (AvgIpc) is 2.74. The van der Waals surface area contributed by atoms with Crippen molar-refractivity contribution in [1.82, 2.24) is 0 Å². The number of carbonyl (C=O) groups excluding carboxylic acids is 1. The van der Waals surface area contributed by atoms with Gasteiger partial charge in [0.1, 0.15) is 0 Å². The van der Waals surface area contributed by atoms with Gasteiger partial charge in [-0.25, -0.2) is 0 Å². The fraction of sp³-hybridized carbons (Fsp3) is 0.562. The van der Waals surface area contributed by atoms with Crippen molar-refractivity contribution in [2.75, 3.05) is 0 Å². The van der Waals surface area contributed by atoms with Crippen LogP contribution in [0.5, 0.6) is 0 Å². The molecule has 2 unspecified atom stereocenters. The van der Waals surface area contributed by atoms with Crippen LogP contribution in [-0.4, -0.2) is 5.78 Å². The maximum Gasteiger partial charge on any atom is 0.159 e. The number of carbonyl (C=O) groups is 1. The van der Waals surface area contributed by atoms with Gasteiger partial charge in [0.05, 0.1) is 0 Å². The summed E-state index contributed by atoms with van der Waals surface area (Å²) in [6.45, 7) is 6.56. The van der Waals surface area contributed by atoms with Crippen LogP contribution in [0.3, 0.4) is 0 Å². The number of allylic oxidation sites excluding steroid dienone is 6. The van der Waals surface area contributed by atoms with Gasteiger partial charge in [0, 0.05) is 6.42 Å². The molecule has 3 aliphatic rings. The van der Waals surface area contributed by atoms with E-state index < -0.39 is 0 Å². The second-order valence-corrected chi connectivity index (χ2v) is 5.86. The molecule has 0 heterocycles. The zero-order valence-corrected chi connectivity index (χ0v) is 11.0. The van der Waals surface area contributed by atoms with Gasteiger partial charge in [0.2, 0.25) is 0 Å². The highest BCUT2D eigenvalue weighted by Gasteiger charge is 2.38. The molecule has 0 aromatic carbocycles. The van der Waals surface area contributed by atoms with E-state index in [1.807, 2.05) is 6.92 Å². The van der Waals surface area contributed by atoms with Gasteiger partial charge in [0.25, 0.3) is 0 Å². The Labute approximate surface area is 103 Å². The van der Waals surface area contributed by atoms with Crippen molar-refractivity contribution >= 4 is 5.78 Å². The summed E-state index contributed by atoms with van der Waals surface area (Å²) in [7, 11) is 0. The SMILES string of the molecule is CC1=CCC2=C1C1=C(C)C(=O)CC1C(C)CC2. The van der Waals surface area contributed by atoms with Crippen molar-refractivity contribution in [2.24, 2.45) is 11.8 Å². The van der Waals surface area contributed by atoms with E-state index in [0.29, 0.717) is 17.6 Å². The number of fused-ring (bicyclic) bond motifs is 2. The van der Waals surface area contributed by atoms with E-state index in [-0.39, 0.29) is 0 Å². The van der Waals surface area contributed by atoms with Crippen molar-refractivity contribution in [3.63, 3.8) is 0 Å². The Bertz CT molecular complexity index is 488. The van der Waals surface area contributed by atoms with Crippen LogP contribution in [0.1, 0.15) is 46.5 Å². The summed E-state index contributed by atoms with van der Waals surface area (Å²) in [6, 6.07) is 0. The molecule has 0 fully saturated rings. The second kappa shape index (κ2) is 3.69. The lowest BCUT2D eigenvalue weighted by Crippen LogP contribution is -2.11. The third-order valence-electron chi connectivity index (χ3n) is 4.86. The first-order valence-corrected chi connectivity index (χ1v) is 6.73. The maximum atomic E-state index is 12.0. The van der Waals surface area contributed by atoms with Crippen LogP contribution >= 0.6 is 0 Å². The molecule has 0 saturated carbocycles. The van der Waals surface area contributed by atoms with E-state index >= 15 is 0 Å². The molecule has 90 valence electrons. The zero-order valence-electron chi connectivity index (χ0n) is 11.0. The summed E-state index contributed by atoms with van der Waals surface area (Å²) in [6.07, 6.45) is 6.68. The molecular formula is C16H20O. The number of ketones is 1. The van der Waals surface area contributed by atoms with Gasteiger partial charge in [-0.2, -0.15) is 0 Å². The molecule has 1 heteroatoms. The summed E-state index contributed by atoms with van der Waals surface area (Å²) in [5.41, 5.74) is 6.90. The maximum absolute atomic E-state index is 12.0. The number of hydrogen-bond donors (Lipinski definition) is 0. The Balaban J connectivity index is 2.18. The van der Waals surface area contributed by atoms with Crippen molar-refractivity contribution in [1.29, 1.82) is 0 Å². The largest absolute Gasteiger partial charge is 0.295 e. The van der Waals surface area contributed by atoms with Crippen molar-refractivity contribution in [2.45, 2.75) is 46.5 Å². The number of hydrogen-bond acceptors (Lipinski definition) is 1. The molecule has 0 aromatic heterocycles. The van der Waals surface area contributed by atoms with E-state index in [9.17, 15) is 4.79 Å². The standard InChI is InChI=1S/C16H20O/c1-9-4-6-12-7-5-10(2)15(12)16-11(3)14(17)8-13(9)16/h5,9,13H,4,6-8H2,1-3H3. The van der Waals surface area contributed by atoms with Crippen molar-refractivity contribution in [3.8, 4) is 0 Å². The Morgan fingerprint density at radius 3 is 2.82 bits per heavy atom. The highest BCUT2D eigenvalue weighted by Crippen LogP contribution is 2.49. The molecule has 0 N–H and O–H groups in total. The fourth-order valence-corrected chi connectivity index (χ4v) is 3.73. The van der Waals surface area contributed by atoms with Crippen molar-refractivity contribution < 1.29 is 4.79 Å². The first-order valence-electron chi connectivity index (χ1n) is 6.73. The molecule has 3 aliphatic carbocycles. The average molecular weight is 228 g/mol. The topological polar surface area (TPSA) is 17.1 Å². The minimum absolute atomic E-state index is 0.380. The molecule has 0 radical (unpaired) electrons. The van der Waals surface area contributed by atoms with Gasteiger partial charge < -0.3 is 0 Å². The molecule has 0 spiro atoms. The lowest BCUT2D eigenvalue weighted by atomic mass is 9.83. The first-order chi connectivity index (χ1) is 8.09. The van der Waals surface area contributed by atoms with E-state index in [4.69, 9.17) is 0 Å². The lowest BCUT2D eigenvalue weighted by molar-refractivity contribution is -0.115. The van der Waals surface area contributed by atoms with Gasteiger partial charge in [-0.05, 0) is 67.2 Å². The first kappa shape index (κ1) is 11.0. The van der Waals surface area contributed by atoms with Crippen LogP contribution in [-0.2, 0) is 4.79 Å². The Kier molecular flexibility index (Phi) is 2.39. The minimum atomic E-state index is 0.380. The Morgan fingerprint density at radius 1 is 1.29 bits per heavy atom. The lowest BCUT2D eigenvalue weighted by Gasteiger charge is -2.20. The number of Topliss-reactive ketones (excluding diaryl/α,β-unsaturated/α-hetero) is 1. The van der Waals surface area contributed by atoms with Crippen LogP contribution in [0.2, 0.25) is 0 Å². The number of rotatable bonds is 0. The van der Waals surface area contributed by atoms with Crippen molar-refractivity contribution in [3.05, 3.63) is 33.9 Å². The van der Waals surface area contributed by atoms with E-state index in [0.717, 1.165) is 18.4 Å². The molecule has 1 nitrogen and oxygen atoms in total. The molecule has 3 rings (SSSR count). The highest BCUT2D eigenvalue weighted by molar-refractivity contribution is 6.00. The quantitative estimate of drug-likeness (QED) is 0.613. The van der Waals surface area contributed by atoms with Crippen LogP contribution in [0.25, 0.3) is 0 Å². The van der Waals surface area contributed by atoms with Crippen LogP contribution in [0.15, 0.2) is 33.9 Å². The van der Waals surface area contributed by atoms with Crippen LogP contribution in [0, 0.1) is 11.8 Å².